The van der Waals surface area contributed by atoms with E-state index in [1.807, 2.05) is 12.3 Å². The molecule has 7 nitrogen and oxygen atoms in total. The summed E-state index contributed by atoms with van der Waals surface area (Å²) in [6, 6.07) is 0.0447. The Morgan fingerprint density at radius 3 is 2.80 bits per heavy atom. The summed E-state index contributed by atoms with van der Waals surface area (Å²) < 4.78 is 0. The van der Waals surface area contributed by atoms with Crippen LogP contribution in [0.15, 0.2) is 11.6 Å². The predicted octanol–water partition coefficient (Wildman–Crippen LogP) is 1.68. The number of anilines is 3. The van der Waals surface area contributed by atoms with Gasteiger partial charge in [0.2, 0.25) is 17.8 Å². The normalized spacial score (nSPS) is 16.4. The summed E-state index contributed by atoms with van der Waals surface area (Å²) in [5, 5.41) is 6.17. The first-order valence-electron chi connectivity index (χ1n) is 6.65. The van der Waals surface area contributed by atoms with Crippen LogP contribution in [-0.4, -0.2) is 33.0 Å². The third kappa shape index (κ3) is 2.79. The van der Waals surface area contributed by atoms with Gasteiger partial charge in [-0.1, -0.05) is 0 Å². The zero-order valence-corrected chi connectivity index (χ0v) is 12.1. The molecule has 1 saturated heterocycles. The molecule has 0 spiro atoms. The Balaban J connectivity index is 1.79. The van der Waals surface area contributed by atoms with Crippen molar-refractivity contribution in [3.8, 4) is 0 Å². The Morgan fingerprint density at radius 2 is 2.10 bits per heavy atom. The monoisotopic (exact) mass is 291 g/mol. The van der Waals surface area contributed by atoms with Gasteiger partial charge >= 0.3 is 0 Å². The van der Waals surface area contributed by atoms with E-state index in [0.717, 1.165) is 18.1 Å². The molecule has 106 valence electrons. The van der Waals surface area contributed by atoms with Crippen molar-refractivity contribution in [3.63, 3.8) is 0 Å². The lowest BCUT2D eigenvalue weighted by atomic mass is 10.4. The first-order chi connectivity index (χ1) is 9.72. The van der Waals surface area contributed by atoms with Gasteiger partial charge in [0.25, 0.3) is 0 Å². The van der Waals surface area contributed by atoms with Crippen LogP contribution in [0.1, 0.15) is 30.8 Å². The molecule has 0 saturated carbocycles. The van der Waals surface area contributed by atoms with E-state index in [1.54, 1.807) is 17.5 Å². The van der Waals surface area contributed by atoms with Crippen LogP contribution in [-0.2, 0) is 0 Å². The molecular formula is C12H17N7S. The van der Waals surface area contributed by atoms with Crippen LogP contribution < -0.4 is 16.0 Å². The highest BCUT2D eigenvalue weighted by atomic mass is 32.1. The van der Waals surface area contributed by atoms with Gasteiger partial charge in [-0.15, -0.1) is 11.3 Å². The van der Waals surface area contributed by atoms with E-state index >= 15 is 0 Å². The van der Waals surface area contributed by atoms with Crippen LogP contribution in [0.25, 0.3) is 0 Å². The number of thiazole rings is 1. The molecule has 1 aliphatic rings. The first-order valence-corrected chi connectivity index (χ1v) is 7.53. The van der Waals surface area contributed by atoms with E-state index in [9.17, 15) is 0 Å². The zero-order valence-electron chi connectivity index (χ0n) is 11.3. The van der Waals surface area contributed by atoms with Gasteiger partial charge in [0.05, 0.1) is 6.04 Å². The third-order valence-electron chi connectivity index (χ3n) is 3.20. The molecule has 3 rings (SSSR count). The number of aromatic nitrogens is 4. The molecule has 1 unspecified atom stereocenters. The molecule has 1 fully saturated rings. The number of nitrogen functional groups attached to an aromatic ring is 1. The Kier molecular flexibility index (Phi) is 3.64. The van der Waals surface area contributed by atoms with E-state index in [2.05, 4.69) is 30.2 Å². The fraction of sp³-hybridized carbons (Fsp3) is 0.500. The zero-order chi connectivity index (χ0) is 13.9. The fourth-order valence-corrected chi connectivity index (χ4v) is 2.85. The number of nitrogens with two attached hydrogens (primary N) is 1. The molecule has 0 aromatic carbocycles. The van der Waals surface area contributed by atoms with Crippen molar-refractivity contribution in [1.82, 2.24) is 19.9 Å². The maximum Gasteiger partial charge on any atom is 0.231 e. The van der Waals surface area contributed by atoms with Gasteiger partial charge in [-0.25, -0.2) is 4.98 Å². The van der Waals surface area contributed by atoms with Crippen LogP contribution in [0, 0.1) is 0 Å². The highest BCUT2D eigenvalue weighted by Crippen LogP contribution is 2.21. The summed E-state index contributed by atoms with van der Waals surface area (Å²) in [5.41, 5.74) is 5.78. The predicted molar refractivity (Wildman–Crippen MR) is 79.8 cm³/mol. The maximum atomic E-state index is 5.78. The van der Waals surface area contributed by atoms with Crippen LogP contribution in [0.5, 0.6) is 0 Å². The van der Waals surface area contributed by atoms with Gasteiger partial charge in [-0.3, -0.25) is 0 Å². The largest absolute Gasteiger partial charge is 0.368 e. The molecule has 3 heterocycles. The van der Waals surface area contributed by atoms with Gasteiger partial charge in [0.15, 0.2) is 0 Å². The van der Waals surface area contributed by atoms with Crippen molar-refractivity contribution < 1.29 is 0 Å². The topological polar surface area (TPSA) is 92.8 Å². The quantitative estimate of drug-likeness (QED) is 0.885. The lowest BCUT2D eigenvalue weighted by Gasteiger charge is -2.17. The second-order valence-electron chi connectivity index (χ2n) is 4.75. The van der Waals surface area contributed by atoms with Gasteiger partial charge in [0.1, 0.15) is 5.01 Å². The SMILES string of the molecule is CC(Nc1nc(N)nc(N2CCCC2)n1)c1nccs1. The van der Waals surface area contributed by atoms with E-state index in [4.69, 9.17) is 5.73 Å². The molecule has 0 amide bonds. The van der Waals surface area contributed by atoms with Crippen LogP contribution in [0.4, 0.5) is 17.8 Å². The average Bonchev–Trinajstić information content (AvgIpc) is 3.12. The molecule has 0 bridgehead atoms. The number of nitrogens with one attached hydrogen (secondary N) is 1. The second kappa shape index (κ2) is 5.58. The van der Waals surface area contributed by atoms with Gasteiger partial charge in [0, 0.05) is 24.7 Å². The highest BCUT2D eigenvalue weighted by Gasteiger charge is 2.18. The molecule has 3 N–H and O–H groups in total. The van der Waals surface area contributed by atoms with Crippen LogP contribution in [0.3, 0.4) is 0 Å². The third-order valence-corrected chi connectivity index (χ3v) is 4.16. The van der Waals surface area contributed by atoms with E-state index in [0.29, 0.717) is 11.9 Å². The number of nitrogens with zero attached hydrogens (tertiary/aromatic N) is 5. The first kappa shape index (κ1) is 13.0. The Labute approximate surface area is 121 Å². The Bertz CT molecular complexity index is 565. The summed E-state index contributed by atoms with van der Waals surface area (Å²) in [4.78, 5) is 19.2. The maximum absolute atomic E-state index is 5.78. The van der Waals surface area contributed by atoms with Crippen molar-refractivity contribution in [3.05, 3.63) is 16.6 Å². The standard InChI is InChI=1S/C12H17N7S/c1-8(9-14-4-7-20-9)15-11-16-10(13)17-12(18-11)19-5-2-3-6-19/h4,7-8H,2-3,5-6H2,1H3,(H3,13,15,16,17,18). The number of hydrogen-bond acceptors (Lipinski definition) is 8. The summed E-state index contributed by atoms with van der Waals surface area (Å²) >= 11 is 1.60. The van der Waals surface area contributed by atoms with Crippen molar-refractivity contribution in [1.29, 1.82) is 0 Å². The minimum atomic E-state index is 0.0447. The van der Waals surface area contributed by atoms with Crippen molar-refractivity contribution in [2.24, 2.45) is 0 Å². The highest BCUT2D eigenvalue weighted by molar-refractivity contribution is 7.09. The van der Waals surface area contributed by atoms with Crippen LogP contribution in [0.2, 0.25) is 0 Å². The summed E-state index contributed by atoms with van der Waals surface area (Å²) in [7, 11) is 0. The van der Waals surface area contributed by atoms with Gasteiger partial charge in [-0.2, -0.15) is 15.0 Å². The van der Waals surface area contributed by atoms with E-state index < -0.39 is 0 Å². The van der Waals surface area contributed by atoms with E-state index in [-0.39, 0.29) is 12.0 Å². The smallest absolute Gasteiger partial charge is 0.231 e. The number of hydrogen-bond donors (Lipinski definition) is 2. The minimum Gasteiger partial charge on any atom is -0.368 e. The Hall–Kier alpha value is -1.96. The number of rotatable bonds is 4. The molecule has 20 heavy (non-hydrogen) atoms. The Morgan fingerprint density at radius 1 is 1.30 bits per heavy atom. The average molecular weight is 291 g/mol. The van der Waals surface area contributed by atoms with Crippen molar-refractivity contribution >= 4 is 29.2 Å². The lowest BCUT2D eigenvalue weighted by molar-refractivity contribution is 0.829. The van der Waals surface area contributed by atoms with Gasteiger partial charge in [-0.05, 0) is 19.8 Å². The molecule has 8 heteroatoms. The lowest BCUT2D eigenvalue weighted by Crippen LogP contribution is -2.22. The molecule has 1 atom stereocenters. The van der Waals surface area contributed by atoms with Crippen LogP contribution >= 0.6 is 11.3 Å². The molecule has 2 aromatic rings. The summed E-state index contributed by atoms with van der Waals surface area (Å²) in [6.45, 7) is 3.98. The molecular weight excluding hydrogens is 274 g/mol. The van der Waals surface area contributed by atoms with Gasteiger partial charge < -0.3 is 16.0 Å². The fourth-order valence-electron chi connectivity index (χ4n) is 2.21. The molecule has 1 aliphatic heterocycles. The molecule has 0 aliphatic carbocycles. The van der Waals surface area contributed by atoms with E-state index in [1.165, 1.54) is 12.8 Å². The minimum absolute atomic E-state index is 0.0447. The van der Waals surface area contributed by atoms with Crippen molar-refractivity contribution in [2.75, 3.05) is 29.0 Å². The van der Waals surface area contributed by atoms with Crippen molar-refractivity contribution in [2.45, 2.75) is 25.8 Å². The molecule has 2 aromatic heterocycles. The summed E-state index contributed by atoms with van der Waals surface area (Å²) in [6.07, 6.45) is 4.13. The summed E-state index contributed by atoms with van der Waals surface area (Å²) in [5.74, 6) is 1.40. The molecule has 0 radical (unpaired) electrons. The second-order valence-corrected chi connectivity index (χ2v) is 5.67.